The van der Waals surface area contributed by atoms with Gasteiger partial charge in [-0.2, -0.15) is 0 Å². The second-order valence-corrected chi connectivity index (χ2v) is 11.5. The van der Waals surface area contributed by atoms with Gasteiger partial charge in [-0.25, -0.2) is 0 Å². The summed E-state index contributed by atoms with van der Waals surface area (Å²) < 4.78 is 0. The molecule has 0 bridgehead atoms. The summed E-state index contributed by atoms with van der Waals surface area (Å²) in [4.78, 5) is 0. The van der Waals surface area contributed by atoms with Crippen molar-refractivity contribution < 1.29 is 5.11 Å². The van der Waals surface area contributed by atoms with Gasteiger partial charge in [0.05, 0.1) is 6.10 Å². The summed E-state index contributed by atoms with van der Waals surface area (Å²) in [6.45, 7) is 9.72. The van der Waals surface area contributed by atoms with E-state index in [0.29, 0.717) is 40.0 Å². The number of fused-ring (bicyclic) bond motifs is 2. The molecule has 3 fully saturated rings. The van der Waals surface area contributed by atoms with Crippen LogP contribution in [0, 0.1) is 39.4 Å². The Balaban J connectivity index is 1.56. The van der Waals surface area contributed by atoms with E-state index in [1.54, 1.807) is 5.57 Å². The van der Waals surface area contributed by atoms with Crippen LogP contribution in [-0.2, 0) is 0 Å². The van der Waals surface area contributed by atoms with E-state index in [2.05, 4.69) is 58.3 Å². The maximum absolute atomic E-state index is 10.9. The predicted octanol–water partition coefficient (Wildman–Crippen LogP) is 5.09. The van der Waals surface area contributed by atoms with Crippen LogP contribution in [0.25, 0.3) is 0 Å². The average Bonchev–Trinajstić information content (AvgIpc) is 3.28. The van der Waals surface area contributed by atoms with Gasteiger partial charge in [-0.1, -0.05) is 51.5 Å². The highest BCUT2D eigenvalue weighted by atomic mass is 16.3. The Hall–Kier alpha value is -0.600. The first kappa shape index (κ1) is 18.4. The van der Waals surface area contributed by atoms with Crippen molar-refractivity contribution >= 4 is 0 Å². The Labute approximate surface area is 165 Å². The summed E-state index contributed by atoms with van der Waals surface area (Å²) in [6, 6.07) is 0.628. The zero-order valence-electron chi connectivity index (χ0n) is 18.0. The van der Waals surface area contributed by atoms with Gasteiger partial charge in [0, 0.05) is 12.0 Å². The minimum atomic E-state index is -0.156. The molecule has 5 aliphatic carbocycles. The zero-order valence-corrected chi connectivity index (χ0v) is 18.0. The van der Waals surface area contributed by atoms with Crippen molar-refractivity contribution in [3.8, 4) is 0 Å². The molecule has 0 aromatic rings. The van der Waals surface area contributed by atoms with Crippen molar-refractivity contribution in [3.05, 3.63) is 23.8 Å². The average molecular weight is 370 g/mol. The van der Waals surface area contributed by atoms with E-state index in [1.165, 1.54) is 32.1 Å². The SMILES string of the molecule is CC[C@H]1C=C2CC[C@@]34C[C@]35CC[C@H](NC)C(C)(C)[C@@H]5C=C[C@H]4[C@]2(C)C[C@@H]1O. The van der Waals surface area contributed by atoms with E-state index >= 15 is 0 Å². The van der Waals surface area contributed by atoms with Gasteiger partial charge in [0.2, 0.25) is 0 Å². The molecule has 2 N–H and O–H groups in total. The molecule has 0 radical (unpaired) electrons. The number of aliphatic hydroxyl groups excluding tert-OH is 1. The lowest BCUT2D eigenvalue weighted by Gasteiger charge is -2.59. The highest BCUT2D eigenvalue weighted by molar-refractivity contribution is 5.40. The first-order valence-corrected chi connectivity index (χ1v) is 11.5. The molecule has 0 saturated heterocycles. The second kappa shape index (κ2) is 5.51. The van der Waals surface area contributed by atoms with Crippen LogP contribution in [0.2, 0.25) is 0 Å². The first-order chi connectivity index (χ1) is 12.7. The fraction of sp³-hybridized carbons (Fsp3) is 0.840. The fourth-order valence-corrected chi connectivity index (χ4v) is 8.94. The molecular formula is C25H39NO. The lowest BCUT2D eigenvalue weighted by Crippen LogP contribution is -2.56. The molecular weight excluding hydrogens is 330 g/mol. The molecule has 27 heavy (non-hydrogen) atoms. The van der Waals surface area contributed by atoms with E-state index in [4.69, 9.17) is 0 Å². The fourth-order valence-electron chi connectivity index (χ4n) is 8.94. The molecule has 0 unspecified atom stereocenters. The normalized spacial score (nSPS) is 54.9. The van der Waals surface area contributed by atoms with E-state index in [-0.39, 0.29) is 11.5 Å². The summed E-state index contributed by atoms with van der Waals surface area (Å²) in [5.41, 5.74) is 3.22. The van der Waals surface area contributed by atoms with Crippen molar-refractivity contribution in [1.29, 1.82) is 0 Å². The van der Waals surface area contributed by atoms with Crippen LogP contribution >= 0.6 is 0 Å². The lowest BCUT2D eigenvalue weighted by molar-refractivity contribution is -0.0350. The van der Waals surface area contributed by atoms with Gasteiger partial charge < -0.3 is 10.4 Å². The number of rotatable bonds is 2. The Morgan fingerprint density at radius 2 is 1.81 bits per heavy atom. The van der Waals surface area contributed by atoms with Crippen LogP contribution in [0.3, 0.4) is 0 Å². The van der Waals surface area contributed by atoms with Crippen LogP contribution in [0.4, 0.5) is 0 Å². The van der Waals surface area contributed by atoms with Crippen molar-refractivity contribution in [2.24, 2.45) is 39.4 Å². The van der Waals surface area contributed by atoms with Crippen LogP contribution in [0.15, 0.2) is 23.8 Å². The molecule has 5 rings (SSSR count). The molecule has 0 aromatic heterocycles. The second-order valence-electron chi connectivity index (χ2n) is 11.5. The Morgan fingerprint density at radius 3 is 2.52 bits per heavy atom. The minimum Gasteiger partial charge on any atom is -0.392 e. The lowest BCUT2D eigenvalue weighted by atomic mass is 9.46. The third-order valence-corrected chi connectivity index (χ3v) is 10.4. The summed E-state index contributed by atoms with van der Waals surface area (Å²) in [6.07, 6.45) is 16.4. The third-order valence-electron chi connectivity index (χ3n) is 10.4. The van der Waals surface area contributed by atoms with E-state index in [0.717, 1.165) is 12.8 Å². The Bertz CT molecular complexity index is 707. The van der Waals surface area contributed by atoms with E-state index < -0.39 is 0 Å². The number of hydrogen-bond acceptors (Lipinski definition) is 2. The van der Waals surface area contributed by atoms with E-state index in [9.17, 15) is 5.11 Å². The number of aliphatic hydroxyl groups is 1. The van der Waals surface area contributed by atoms with Crippen LogP contribution in [0.1, 0.15) is 72.6 Å². The van der Waals surface area contributed by atoms with Crippen molar-refractivity contribution in [1.82, 2.24) is 5.32 Å². The van der Waals surface area contributed by atoms with Crippen molar-refractivity contribution in [2.45, 2.75) is 84.8 Å². The quantitative estimate of drug-likeness (QED) is 0.665. The number of nitrogens with one attached hydrogen (secondary N) is 1. The molecule has 0 aromatic carbocycles. The molecule has 8 atom stereocenters. The smallest absolute Gasteiger partial charge is 0.0611 e. The molecule has 5 aliphatic rings. The minimum absolute atomic E-state index is 0.156. The van der Waals surface area contributed by atoms with Crippen molar-refractivity contribution in [3.63, 3.8) is 0 Å². The topological polar surface area (TPSA) is 32.3 Å². The molecule has 0 aliphatic heterocycles. The predicted molar refractivity (Wildman–Crippen MR) is 111 cm³/mol. The highest BCUT2D eigenvalue weighted by Crippen LogP contribution is 2.85. The molecule has 0 heterocycles. The summed E-state index contributed by atoms with van der Waals surface area (Å²) >= 11 is 0. The van der Waals surface area contributed by atoms with Crippen LogP contribution < -0.4 is 5.32 Å². The van der Waals surface area contributed by atoms with Crippen LogP contribution in [0.5, 0.6) is 0 Å². The Kier molecular flexibility index (Phi) is 3.76. The first-order valence-electron chi connectivity index (χ1n) is 11.5. The number of hydrogen-bond donors (Lipinski definition) is 2. The number of allylic oxidation sites excluding steroid dienone is 3. The Morgan fingerprint density at radius 1 is 1.11 bits per heavy atom. The van der Waals surface area contributed by atoms with Crippen LogP contribution in [-0.4, -0.2) is 24.3 Å². The molecule has 150 valence electrons. The summed E-state index contributed by atoms with van der Waals surface area (Å²) in [5.74, 6) is 1.72. The molecule has 2 nitrogen and oxygen atoms in total. The maximum Gasteiger partial charge on any atom is 0.0611 e. The van der Waals surface area contributed by atoms with Gasteiger partial charge in [0.1, 0.15) is 0 Å². The summed E-state index contributed by atoms with van der Waals surface area (Å²) in [7, 11) is 2.15. The van der Waals surface area contributed by atoms with E-state index in [1.807, 2.05) is 0 Å². The molecule has 0 amide bonds. The summed E-state index contributed by atoms with van der Waals surface area (Å²) in [5, 5.41) is 14.5. The van der Waals surface area contributed by atoms with Crippen molar-refractivity contribution in [2.75, 3.05) is 7.05 Å². The largest absolute Gasteiger partial charge is 0.392 e. The van der Waals surface area contributed by atoms with Gasteiger partial charge in [0.15, 0.2) is 0 Å². The molecule has 2 spiro atoms. The van der Waals surface area contributed by atoms with Gasteiger partial charge in [-0.05, 0) is 85.5 Å². The van der Waals surface area contributed by atoms with Gasteiger partial charge in [-0.3, -0.25) is 0 Å². The van der Waals surface area contributed by atoms with Gasteiger partial charge in [-0.15, -0.1) is 0 Å². The van der Waals surface area contributed by atoms with Gasteiger partial charge in [0.25, 0.3) is 0 Å². The third kappa shape index (κ3) is 2.05. The molecule has 2 heteroatoms. The molecule has 3 saturated carbocycles. The highest BCUT2D eigenvalue weighted by Gasteiger charge is 2.78. The standard InChI is InChI=1S/C25H39NO/c1-6-16-13-17-9-11-25-15-24(25)12-10-21(26-5)22(2,3)19(24)7-8-20(25)23(17,4)14-18(16)27/h7-8,13,16,18-21,26-27H,6,9-12,14-15H2,1-5H3/t16-,18-,19-,20-,21-,23+,24-,25-/m0/s1. The monoisotopic (exact) mass is 369 g/mol. The maximum atomic E-state index is 10.9. The zero-order chi connectivity index (χ0) is 19.2. The van der Waals surface area contributed by atoms with Gasteiger partial charge >= 0.3 is 0 Å².